The van der Waals surface area contributed by atoms with Crippen LogP contribution >= 0.6 is 0 Å². The third kappa shape index (κ3) is 2.04. The van der Waals surface area contributed by atoms with Gasteiger partial charge < -0.3 is 10.1 Å². The first kappa shape index (κ1) is 10.6. The van der Waals surface area contributed by atoms with Gasteiger partial charge in [0.25, 0.3) is 0 Å². The van der Waals surface area contributed by atoms with E-state index in [1.807, 2.05) is 0 Å². The van der Waals surface area contributed by atoms with Crippen LogP contribution in [0.1, 0.15) is 32.6 Å². The molecule has 1 aliphatic carbocycles. The van der Waals surface area contributed by atoms with Crippen LogP contribution in [0.15, 0.2) is 0 Å². The highest BCUT2D eigenvalue weighted by molar-refractivity contribution is 5.12. The van der Waals surface area contributed by atoms with Crippen molar-refractivity contribution >= 4 is 0 Å². The van der Waals surface area contributed by atoms with E-state index in [1.165, 1.54) is 12.8 Å². The van der Waals surface area contributed by atoms with Gasteiger partial charge in [-0.15, -0.1) is 6.42 Å². The summed E-state index contributed by atoms with van der Waals surface area (Å²) in [6.45, 7) is 2.97. The lowest BCUT2D eigenvalue weighted by atomic mass is 9.92. The molecule has 0 aliphatic heterocycles. The predicted molar refractivity (Wildman–Crippen MR) is 54.5 cm³/mol. The Bertz CT molecular complexity index is 189. The lowest BCUT2D eigenvalue weighted by molar-refractivity contribution is -0.0202. The fourth-order valence-electron chi connectivity index (χ4n) is 2.19. The van der Waals surface area contributed by atoms with Crippen molar-refractivity contribution in [2.24, 2.45) is 0 Å². The van der Waals surface area contributed by atoms with Gasteiger partial charge in [0.05, 0.1) is 11.6 Å². The van der Waals surface area contributed by atoms with Crippen LogP contribution in [0, 0.1) is 12.3 Å². The van der Waals surface area contributed by atoms with Crippen LogP contribution in [-0.2, 0) is 4.74 Å². The fourth-order valence-corrected chi connectivity index (χ4v) is 2.19. The molecule has 1 saturated carbocycles. The summed E-state index contributed by atoms with van der Waals surface area (Å²) in [5.41, 5.74) is -0.0925. The number of terminal acetylenes is 1. The largest absolute Gasteiger partial charge is 0.376 e. The normalized spacial score (nSPS) is 22.5. The molecule has 0 saturated heterocycles. The predicted octanol–water partition coefficient (Wildman–Crippen LogP) is 1.56. The Morgan fingerprint density at radius 2 is 2.15 bits per heavy atom. The lowest BCUT2D eigenvalue weighted by Crippen LogP contribution is -2.49. The van der Waals surface area contributed by atoms with Crippen LogP contribution in [0.4, 0.5) is 0 Å². The van der Waals surface area contributed by atoms with E-state index < -0.39 is 0 Å². The number of ether oxygens (including phenoxy) is 1. The smallest absolute Gasteiger partial charge is 0.0980 e. The van der Waals surface area contributed by atoms with E-state index in [-0.39, 0.29) is 11.6 Å². The van der Waals surface area contributed by atoms with E-state index in [1.54, 1.807) is 7.11 Å². The Morgan fingerprint density at radius 3 is 2.54 bits per heavy atom. The van der Waals surface area contributed by atoms with Gasteiger partial charge in [-0.3, -0.25) is 0 Å². The minimum absolute atomic E-state index is 0.0741. The summed E-state index contributed by atoms with van der Waals surface area (Å²) >= 11 is 0. The molecule has 0 aromatic rings. The Morgan fingerprint density at radius 1 is 1.54 bits per heavy atom. The van der Waals surface area contributed by atoms with Gasteiger partial charge in [0.2, 0.25) is 0 Å². The van der Waals surface area contributed by atoms with Crippen molar-refractivity contribution in [2.75, 3.05) is 13.7 Å². The van der Waals surface area contributed by atoms with Crippen molar-refractivity contribution in [3.63, 3.8) is 0 Å². The van der Waals surface area contributed by atoms with E-state index in [0.717, 1.165) is 19.4 Å². The van der Waals surface area contributed by atoms with E-state index in [2.05, 4.69) is 18.2 Å². The number of hydrogen-bond donors (Lipinski definition) is 1. The summed E-state index contributed by atoms with van der Waals surface area (Å²) in [6, 6.07) is 0.0741. The highest BCUT2D eigenvalue weighted by atomic mass is 16.5. The molecular weight excluding hydrogens is 162 g/mol. The average molecular weight is 181 g/mol. The second-order valence-corrected chi connectivity index (χ2v) is 3.63. The van der Waals surface area contributed by atoms with Gasteiger partial charge >= 0.3 is 0 Å². The lowest BCUT2D eigenvalue weighted by Gasteiger charge is -2.33. The number of hydrogen-bond acceptors (Lipinski definition) is 2. The SMILES string of the molecule is C#CC(NCC)C1(OC)CCCC1. The summed E-state index contributed by atoms with van der Waals surface area (Å²) in [7, 11) is 1.77. The molecule has 13 heavy (non-hydrogen) atoms. The van der Waals surface area contributed by atoms with Crippen molar-refractivity contribution in [1.29, 1.82) is 0 Å². The molecule has 0 radical (unpaired) electrons. The second kappa shape index (κ2) is 4.64. The monoisotopic (exact) mass is 181 g/mol. The van der Waals surface area contributed by atoms with Crippen molar-refractivity contribution < 1.29 is 4.74 Å². The van der Waals surface area contributed by atoms with Gasteiger partial charge in [-0.1, -0.05) is 25.7 Å². The van der Waals surface area contributed by atoms with Gasteiger partial charge in [0.1, 0.15) is 0 Å². The number of rotatable bonds is 4. The molecule has 0 aromatic carbocycles. The minimum atomic E-state index is -0.0925. The molecule has 0 spiro atoms. The van der Waals surface area contributed by atoms with Gasteiger partial charge in [-0.25, -0.2) is 0 Å². The molecule has 1 atom stereocenters. The quantitative estimate of drug-likeness (QED) is 0.664. The number of methoxy groups -OCH3 is 1. The molecular formula is C11H19NO. The average Bonchev–Trinajstić information content (AvgIpc) is 2.63. The molecule has 0 amide bonds. The standard InChI is InChI=1S/C11H19NO/c1-4-10(12-5-2)11(13-3)8-6-7-9-11/h1,10,12H,5-9H2,2-3H3. The van der Waals surface area contributed by atoms with Gasteiger partial charge in [-0.2, -0.15) is 0 Å². The molecule has 2 heteroatoms. The molecule has 2 nitrogen and oxygen atoms in total. The summed E-state index contributed by atoms with van der Waals surface area (Å²) in [6.07, 6.45) is 10.2. The molecule has 0 bridgehead atoms. The van der Waals surface area contributed by atoms with Gasteiger partial charge in [-0.05, 0) is 19.4 Å². The van der Waals surface area contributed by atoms with E-state index in [0.29, 0.717) is 0 Å². The van der Waals surface area contributed by atoms with Gasteiger partial charge in [0, 0.05) is 7.11 Å². The number of nitrogens with one attached hydrogen (secondary N) is 1. The van der Waals surface area contributed by atoms with E-state index in [4.69, 9.17) is 11.2 Å². The van der Waals surface area contributed by atoms with Gasteiger partial charge in [0.15, 0.2) is 0 Å². The zero-order valence-corrected chi connectivity index (χ0v) is 8.60. The molecule has 1 N–H and O–H groups in total. The molecule has 0 aromatic heterocycles. The third-order valence-corrected chi connectivity index (χ3v) is 2.96. The molecule has 1 unspecified atom stereocenters. The van der Waals surface area contributed by atoms with Crippen LogP contribution in [0.5, 0.6) is 0 Å². The van der Waals surface area contributed by atoms with Crippen molar-refractivity contribution in [2.45, 2.75) is 44.2 Å². The first-order chi connectivity index (χ1) is 6.29. The maximum Gasteiger partial charge on any atom is 0.0980 e. The maximum atomic E-state index is 5.60. The first-order valence-corrected chi connectivity index (χ1v) is 5.03. The zero-order valence-electron chi connectivity index (χ0n) is 8.60. The maximum absolute atomic E-state index is 5.60. The molecule has 1 fully saturated rings. The van der Waals surface area contributed by atoms with Crippen molar-refractivity contribution in [3.05, 3.63) is 0 Å². The molecule has 74 valence electrons. The highest BCUT2D eigenvalue weighted by Crippen LogP contribution is 2.35. The van der Waals surface area contributed by atoms with E-state index >= 15 is 0 Å². The highest BCUT2D eigenvalue weighted by Gasteiger charge is 2.40. The molecule has 0 heterocycles. The third-order valence-electron chi connectivity index (χ3n) is 2.96. The topological polar surface area (TPSA) is 21.3 Å². The Kier molecular flexibility index (Phi) is 3.77. The van der Waals surface area contributed by atoms with Crippen LogP contribution in [0.25, 0.3) is 0 Å². The summed E-state index contributed by atoms with van der Waals surface area (Å²) in [4.78, 5) is 0. The van der Waals surface area contributed by atoms with Crippen molar-refractivity contribution in [3.8, 4) is 12.3 Å². The zero-order chi connectivity index (χ0) is 9.73. The number of likely N-dealkylation sites (N-methyl/N-ethyl adjacent to an activating group) is 1. The second-order valence-electron chi connectivity index (χ2n) is 3.63. The van der Waals surface area contributed by atoms with Crippen LogP contribution in [0.2, 0.25) is 0 Å². The van der Waals surface area contributed by atoms with Crippen molar-refractivity contribution in [1.82, 2.24) is 5.32 Å². The first-order valence-electron chi connectivity index (χ1n) is 5.03. The minimum Gasteiger partial charge on any atom is -0.376 e. The fraction of sp³-hybridized carbons (Fsp3) is 0.818. The van der Waals surface area contributed by atoms with Crippen LogP contribution in [0.3, 0.4) is 0 Å². The summed E-state index contributed by atoms with van der Waals surface area (Å²) in [5, 5.41) is 3.30. The summed E-state index contributed by atoms with van der Waals surface area (Å²) < 4.78 is 5.60. The Labute approximate surface area is 81.0 Å². The Hall–Kier alpha value is -0.520. The molecule has 1 aliphatic rings. The van der Waals surface area contributed by atoms with E-state index in [9.17, 15) is 0 Å². The van der Waals surface area contributed by atoms with Crippen LogP contribution in [-0.4, -0.2) is 25.3 Å². The Balaban J connectivity index is 2.67. The van der Waals surface area contributed by atoms with Crippen LogP contribution < -0.4 is 5.32 Å². The molecule has 1 rings (SSSR count). The summed E-state index contributed by atoms with van der Waals surface area (Å²) in [5.74, 6) is 2.80.